The quantitative estimate of drug-likeness (QED) is 0.730. The van der Waals surface area contributed by atoms with Crippen molar-refractivity contribution in [2.24, 2.45) is 0 Å². The van der Waals surface area contributed by atoms with Crippen LogP contribution in [-0.4, -0.2) is 25.3 Å². The highest BCUT2D eigenvalue weighted by molar-refractivity contribution is 5.90. The van der Waals surface area contributed by atoms with Crippen molar-refractivity contribution in [2.75, 3.05) is 17.7 Å². The van der Waals surface area contributed by atoms with Gasteiger partial charge in [-0.15, -0.1) is 0 Å². The fourth-order valence-electron chi connectivity index (χ4n) is 2.15. The van der Waals surface area contributed by atoms with Gasteiger partial charge in [-0.25, -0.2) is 9.59 Å². The van der Waals surface area contributed by atoms with Gasteiger partial charge in [0.1, 0.15) is 5.75 Å². The minimum Gasteiger partial charge on any atom is -0.489 e. The molecule has 0 saturated carbocycles. The lowest BCUT2D eigenvalue weighted by Gasteiger charge is -2.15. The Morgan fingerprint density at radius 3 is 2.35 bits per heavy atom. The zero-order valence-corrected chi connectivity index (χ0v) is 15.0. The Hall–Kier alpha value is -3.22. The molecule has 26 heavy (non-hydrogen) atoms. The molecule has 2 aromatic carbocycles. The third kappa shape index (κ3) is 6.01. The zero-order valence-electron chi connectivity index (χ0n) is 15.0. The van der Waals surface area contributed by atoms with Crippen molar-refractivity contribution in [1.82, 2.24) is 5.32 Å². The summed E-state index contributed by atoms with van der Waals surface area (Å²) in [6.45, 7) is 4.20. The summed E-state index contributed by atoms with van der Waals surface area (Å²) < 4.78 is 10.2. The molecule has 0 saturated heterocycles. The van der Waals surface area contributed by atoms with E-state index >= 15 is 0 Å². The van der Waals surface area contributed by atoms with Gasteiger partial charge in [0.25, 0.3) is 0 Å². The number of hydrogen-bond acceptors (Lipinski definition) is 4. The third-order valence-electron chi connectivity index (χ3n) is 3.34. The molecule has 0 aromatic heterocycles. The molecular weight excluding hydrogens is 334 g/mol. The van der Waals surface area contributed by atoms with E-state index in [1.165, 1.54) is 7.11 Å². The summed E-state index contributed by atoms with van der Waals surface area (Å²) in [5, 5.41) is 8.13. The standard InChI is InChI=1S/C19H23N3O4/c1-13(2)26-17-7-5-4-6-16(17)22-18(23)20-12-14-8-10-15(11-9-14)21-19(24)25-3/h4-11,13H,12H2,1-3H3,(H,21,24)(H2,20,22,23). The molecule has 2 rings (SSSR count). The molecule has 0 radical (unpaired) electrons. The summed E-state index contributed by atoms with van der Waals surface area (Å²) in [7, 11) is 1.30. The van der Waals surface area contributed by atoms with Crippen molar-refractivity contribution in [1.29, 1.82) is 0 Å². The van der Waals surface area contributed by atoms with Crippen molar-refractivity contribution < 1.29 is 19.1 Å². The molecule has 0 atom stereocenters. The topological polar surface area (TPSA) is 88.7 Å². The Balaban J connectivity index is 1.88. The van der Waals surface area contributed by atoms with Gasteiger partial charge in [0.15, 0.2) is 0 Å². The van der Waals surface area contributed by atoms with Crippen LogP contribution in [0.5, 0.6) is 5.75 Å². The van der Waals surface area contributed by atoms with Crippen LogP contribution in [0, 0.1) is 0 Å². The van der Waals surface area contributed by atoms with Crippen LogP contribution in [0.15, 0.2) is 48.5 Å². The maximum atomic E-state index is 12.1. The Morgan fingerprint density at radius 2 is 1.69 bits per heavy atom. The Bertz CT molecular complexity index is 745. The van der Waals surface area contributed by atoms with Crippen molar-refractivity contribution >= 4 is 23.5 Å². The molecular formula is C19H23N3O4. The number of amides is 3. The van der Waals surface area contributed by atoms with Crippen LogP contribution in [0.1, 0.15) is 19.4 Å². The molecule has 0 spiro atoms. The van der Waals surface area contributed by atoms with E-state index in [1.807, 2.05) is 32.0 Å². The number of benzene rings is 2. The molecule has 0 aliphatic heterocycles. The summed E-state index contributed by atoms with van der Waals surface area (Å²) in [5.74, 6) is 0.621. The average Bonchev–Trinajstić information content (AvgIpc) is 2.62. The van der Waals surface area contributed by atoms with E-state index in [0.717, 1.165) is 5.56 Å². The fourth-order valence-corrected chi connectivity index (χ4v) is 2.15. The highest BCUT2D eigenvalue weighted by Gasteiger charge is 2.08. The van der Waals surface area contributed by atoms with E-state index in [4.69, 9.17) is 4.74 Å². The Labute approximate surface area is 152 Å². The molecule has 0 heterocycles. The minimum absolute atomic E-state index is 0.0122. The van der Waals surface area contributed by atoms with Gasteiger partial charge in [0.2, 0.25) is 0 Å². The second kappa shape index (κ2) is 9.31. The molecule has 2 aromatic rings. The molecule has 0 fully saturated rings. The monoisotopic (exact) mass is 357 g/mol. The fraction of sp³-hybridized carbons (Fsp3) is 0.263. The number of para-hydroxylation sites is 2. The lowest BCUT2D eigenvalue weighted by Crippen LogP contribution is -2.28. The average molecular weight is 357 g/mol. The largest absolute Gasteiger partial charge is 0.489 e. The van der Waals surface area contributed by atoms with Gasteiger partial charge >= 0.3 is 12.1 Å². The van der Waals surface area contributed by atoms with Gasteiger partial charge < -0.3 is 20.1 Å². The van der Waals surface area contributed by atoms with Gasteiger partial charge in [0.05, 0.1) is 18.9 Å². The first-order valence-corrected chi connectivity index (χ1v) is 8.22. The molecule has 7 heteroatoms. The van der Waals surface area contributed by atoms with Gasteiger partial charge in [-0.2, -0.15) is 0 Å². The highest BCUT2D eigenvalue weighted by Crippen LogP contribution is 2.24. The van der Waals surface area contributed by atoms with Crippen molar-refractivity contribution in [3.63, 3.8) is 0 Å². The number of anilines is 2. The number of rotatable bonds is 6. The van der Waals surface area contributed by atoms with E-state index in [9.17, 15) is 9.59 Å². The number of carbonyl (C=O) groups excluding carboxylic acids is 2. The van der Waals surface area contributed by atoms with Gasteiger partial charge in [-0.1, -0.05) is 24.3 Å². The van der Waals surface area contributed by atoms with Crippen LogP contribution in [0.2, 0.25) is 0 Å². The summed E-state index contributed by atoms with van der Waals surface area (Å²) in [5.41, 5.74) is 2.11. The number of urea groups is 1. The van der Waals surface area contributed by atoms with Gasteiger partial charge in [-0.05, 0) is 43.7 Å². The zero-order chi connectivity index (χ0) is 18.9. The predicted molar refractivity (Wildman–Crippen MR) is 101 cm³/mol. The normalized spacial score (nSPS) is 10.2. The van der Waals surface area contributed by atoms with Crippen molar-refractivity contribution in [3.8, 4) is 5.75 Å². The van der Waals surface area contributed by atoms with Crippen LogP contribution in [-0.2, 0) is 11.3 Å². The lowest BCUT2D eigenvalue weighted by atomic mass is 10.2. The van der Waals surface area contributed by atoms with E-state index in [1.54, 1.807) is 30.3 Å². The smallest absolute Gasteiger partial charge is 0.411 e. The third-order valence-corrected chi connectivity index (χ3v) is 3.34. The molecule has 0 unspecified atom stereocenters. The van der Waals surface area contributed by atoms with Crippen molar-refractivity contribution in [2.45, 2.75) is 26.5 Å². The van der Waals surface area contributed by atoms with Gasteiger partial charge in [0, 0.05) is 12.2 Å². The highest BCUT2D eigenvalue weighted by atomic mass is 16.5. The first kappa shape index (κ1) is 19.1. The first-order valence-electron chi connectivity index (χ1n) is 8.22. The number of methoxy groups -OCH3 is 1. The van der Waals surface area contributed by atoms with Crippen LogP contribution >= 0.6 is 0 Å². The predicted octanol–water partition coefficient (Wildman–Crippen LogP) is 3.97. The van der Waals surface area contributed by atoms with E-state index in [2.05, 4.69) is 20.7 Å². The number of carbonyl (C=O) groups is 2. The lowest BCUT2D eigenvalue weighted by molar-refractivity contribution is 0.187. The second-order valence-corrected chi connectivity index (χ2v) is 5.78. The summed E-state index contributed by atoms with van der Waals surface area (Å²) in [6.07, 6.45) is -0.518. The van der Waals surface area contributed by atoms with Gasteiger partial charge in [-0.3, -0.25) is 5.32 Å². The molecule has 138 valence electrons. The van der Waals surface area contributed by atoms with E-state index in [0.29, 0.717) is 23.7 Å². The van der Waals surface area contributed by atoms with E-state index in [-0.39, 0.29) is 12.1 Å². The van der Waals surface area contributed by atoms with Crippen LogP contribution < -0.4 is 20.7 Å². The Kier molecular flexibility index (Phi) is 6.84. The van der Waals surface area contributed by atoms with Crippen LogP contribution in [0.3, 0.4) is 0 Å². The first-order chi connectivity index (χ1) is 12.5. The maximum Gasteiger partial charge on any atom is 0.411 e. The number of ether oxygens (including phenoxy) is 2. The molecule has 0 aliphatic carbocycles. The molecule has 3 amide bonds. The number of hydrogen-bond donors (Lipinski definition) is 3. The minimum atomic E-state index is -0.530. The summed E-state index contributed by atoms with van der Waals surface area (Å²) >= 11 is 0. The van der Waals surface area contributed by atoms with E-state index < -0.39 is 6.09 Å². The molecule has 0 aliphatic rings. The molecule has 0 bridgehead atoms. The summed E-state index contributed by atoms with van der Waals surface area (Å²) in [6, 6.07) is 14.0. The number of nitrogens with one attached hydrogen (secondary N) is 3. The summed E-state index contributed by atoms with van der Waals surface area (Å²) in [4.78, 5) is 23.3. The maximum absolute atomic E-state index is 12.1. The van der Waals surface area contributed by atoms with Crippen molar-refractivity contribution in [3.05, 3.63) is 54.1 Å². The second-order valence-electron chi connectivity index (χ2n) is 5.78. The van der Waals surface area contributed by atoms with Crippen LogP contribution in [0.4, 0.5) is 21.0 Å². The molecule has 3 N–H and O–H groups in total. The SMILES string of the molecule is COC(=O)Nc1ccc(CNC(=O)Nc2ccccc2OC(C)C)cc1. The Morgan fingerprint density at radius 1 is 1.00 bits per heavy atom. The van der Waals surface area contributed by atoms with Crippen LogP contribution in [0.25, 0.3) is 0 Å². The molecule has 7 nitrogen and oxygen atoms in total.